The highest BCUT2D eigenvalue weighted by Crippen LogP contribution is 2.11. The van der Waals surface area contributed by atoms with Crippen molar-refractivity contribution in [1.29, 1.82) is 0 Å². The molecule has 102 valence electrons. The summed E-state index contributed by atoms with van der Waals surface area (Å²) in [6.45, 7) is 8.85. The monoisotopic (exact) mass is 271 g/mol. The summed E-state index contributed by atoms with van der Waals surface area (Å²) in [4.78, 5) is 18.6. The van der Waals surface area contributed by atoms with Crippen molar-refractivity contribution in [3.63, 3.8) is 0 Å². The van der Waals surface area contributed by atoms with Gasteiger partial charge in [-0.05, 0) is 34.1 Å². The second-order valence-electron chi connectivity index (χ2n) is 4.89. The van der Waals surface area contributed by atoms with E-state index in [1.807, 2.05) is 18.7 Å². The average Bonchev–Trinajstić information content (AvgIpc) is 2.30. The maximum atomic E-state index is 12.3. The standard InChI is InChI=1S/C13H22ClN3O/c1-10(2)16(8-5-6-14)12-13(18)17(11(3)4)9-7-15-12/h7,9-11H,5-6,8H2,1-4H3. The SMILES string of the molecule is CC(C)N(CCCCl)c1nccn(C(C)C)c1=O. The number of anilines is 1. The molecule has 0 aliphatic rings. The molecule has 1 aromatic rings. The van der Waals surface area contributed by atoms with Crippen LogP contribution >= 0.6 is 11.6 Å². The van der Waals surface area contributed by atoms with E-state index in [1.54, 1.807) is 17.0 Å². The molecular weight excluding hydrogens is 250 g/mol. The van der Waals surface area contributed by atoms with E-state index in [0.29, 0.717) is 11.7 Å². The number of nitrogens with zero attached hydrogens (tertiary/aromatic N) is 3. The van der Waals surface area contributed by atoms with E-state index in [1.165, 1.54) is 0 Å². The van der Waals surface area contributed by atoms with Crippen LogP contribution in [0.5, 0.6) is 0 Å². The van der Waals surface area contributed by atoms with Gasteiger partial charge in [-0.2, -0.15) is 0 Å². The Morgan fingerprint density at radius 1 is 1.39 bits per heavy atom. The molecule has 0 aromatic carbocycles. The predicted molar refractivity (Wildman–Crippen MR) is 76.7 cm³/mol. The van der Waals surface area contributed by atoms with Crippen LogP contribution in [0, 0.1) is 0 Å². The lowest BCUT2D eigenvalue weighted by molar-refractivity contribution is 0.564. The van der Waals surface area contributed by atoms with E-state index in [4.69, 9.17) is 11.6 Å². The highest BCUT2D eigenvalue weighted by molar-refractivity contribution is 6.17. The Bertz CT molecular complexity index is 428. The Hall–Kier alpha value is -1.03. The van der Waals surface area contributed by atoms with Crippen LogP contribution in [0.3, 0.4) is 0 Å². The molecule has 4 nitrogen and oxygen atoms in total. The molecule has 5 heteroatoms. The lowest BCUT2D eigenvalue weighted by Gasteiger charge is -2.27. The first kappa shape index (κ1) is 15.0. The lowest BCUT2D eigenvalue weighted by Crippen LogP contribution is -2.39. The van der Waals surface area contributed by atoms with Crippen LogP contribution in [0.4, 0.5) is 5.82 Å². The summed E-state index contributed by atoms with van der Waals surface area (Å²) in [6.07, 6.45) is 4.26. The molecule has 0 spiro atoms. The van der Waals surface area contributed by atoms with Crippen LogP contribution in [-0.4, -0.2) is 28.0 Å². The number of alkyl halides is 1. The minimum Gasteiger partial charge on any atom is -0.350 e. The Kier molecular flexibility index (Phi) is 5.66. The molecule has 1 aromatic heterocycles. The van der Waals surface area contributed by atoms with Crippen LogP contribution < -0.4 is 10.5 Å². The summed E-state index contributed by atoms with van der Waals surface area (Å²) in [7, 11) is 0. The molecular formula is C13H22ClN3O. The first-order valence-corrected chi connectivity index (χ1v) is 6.92. The van der Waals surface area contributed by atoms with E-state index >= 15 is 0 Å². The predicted octanol–water partition coefficient (Wildman–Crippen LogP) is 2.67. The minimum absolute atomic E-state index is 0.0317. The van der Waals surface area contributed by atoms with Crippen molar-refractivity contribution in [2.45, 2.75) is 46.2 Å². The van der Waals surface area contributed by atoms with Crippen LogP contribution in [0.1, 0.15) is 40.2 Å². The van der Waals surface area contributed by atoms with Crippen molar-refractivity contribution in [1.82, 2.24) is 9.55 Å². The second-order valence-corrected chi connectivity index (χ2v) is 5.26. The van der Waals surface area contributed by atoms with Crippen molar-refractivity contribution in [2.75, 3.05) is 17.3 Å². The molecule has 0 radical (unpaired) electrons. The molecule has 0 aliphatic heterocycles. The van der Waals surface area contributed by atoms with Crippen molar-refractivity contribution < 1.29 is 0 Å². The second kappa shape index (κ2) is 6.78. The van der Waals surface area contributed by atoms with Crippen LogP contribution in [0.15, 0.2) is 17.2 Å². The zero-order valence-electron chi connectivity index (χ0n) is 11.6. The first-order chi connectivity index (χ1) is 8.49. The summed E-state index contributed by atoms with van der Waals surface area (Å²) in [5.41, 5.74) is -0.0317. The third-order valence-electron chi connectivity index (χ3n) is 2.83. The number of hydrogen-bond donors (Lipinski definition) is 0. The van der Waals surface area contributed by atoms with Gasteiger partial charge >= 0.3 is 0 Å². The molecule has 1 heterocycles. The Labute approximate surface area is 114 Å². The summed E-state index contributed by atoms with van der Waals surface area (Å²) < 4.78 is 1.71. The van der Waals surface area contributed by atoms with Crippen LogP contribution in [-0.2, 0) is 0 Å². The van der Waals surface area contributed by atoms with E-state index < -0.39 is 0 Å². The molecule has 0 unspecified atom stereocenters. The fourth-order valence-electron chi connectivity index (χ4n) is 1.86. The van der Waals surface area contributed by atoms with Crippen LogP contribution in [0.2, 0.25) is 0 Å². The van der Waals surface area contributed by atoms with E-state index in [-0.39, 0.29) is 17.6 Å². The van der Waals surface area contributed by atoms with E-state index in [2.05, 4.69) is 18.8 Å². The van der Waals surface area contributed by atoms with Gasteiger partial charge in [0.05, 0.1) is 0 Å². The summed E-state index contributed by atoms with van der Waals surface area (Å²) in [5.74, 6) is 1.11. The van der Waals surface area contributed by atoms with E-state index in [0.717, 1.165) is 13.0 Å². The topological polar surface area (TPSA) is 38.1 Å². The zero-order valence-corrected chi connectivity index (χ0v) is 12.3. The van der Waals surface area contributed by atoms with Crippen molar-refractivity contribution in [3.8, 4) is 0 Å². The molecule has 0 saturated carbocycles. The largest absolute Gasteiger partial charge is 0.350 e. The molecule has 1 rings (SSSR count). The van der Waals surface area contributed by atoms with Gasteiger partial charge in [0.15, 0.2) is 5.82 Å². The first-order valence-electron chi connectivity index (χ1n) is 6.38. The van der Waals surface area contributed by atoms with Crippen molar-refractivity contribution >= 4 is 17.4 Å². The van der Waals surface area contributed by atoms with Gasteiger partial charge in [0.1, 0.15) is 0 Å². The fourth-order valence-corrected chi connectivity index (χ4v) is 1.98. The number of aromatic nitrogens is 2. The Balaban J connectivity index is 3.12. The Morgan fingerprint density at radius 2 is 2.06 bits per heavy atom. The fraction of sp³-hybridized carbons (Fsp3) is 0.692. The van der Waals surface area contributed by atoms with Crippen molar-refractivity contribution in [2.24, 2.45) is 0 Å². The van der Waals surface area contributed by atoms with Gasteiger partial charge in [-0.3, -0.25) is 4.79 Å². The third-order valence-corrected chi connectivity index (χ3v) is 3.10. The van der Waals surface area contributed by atoms with Crippen LogP contribution in [0.25, 0.3) is 0 Å². The Morgan fingerprint density at radius 3 is 2.56 bits per heavy atom. The number of halogens is 1. The molecule has 0 aliphatic carbocycles. The molecule has 0 bridgehead atoms. The zero-order chi connectivity index (χ0) is 13.7. The number of hydrogen-bond acceptors (Lipinski definition) is 3. The van der Waals surface area contributed by atoms with E-state index in [9.17, 15) is 4.79 Å². The molecule has 0 fully saturated rings. The van der Waals surface area contributed by atoms with Gasteiger partial charge in [-0.15, -0.1) is 11.6 Å². The summed E-state index contributed by atoms with van der Waals surface area (Å²) >= 11 is 5.73. The molecule has 0 saturated heterocycles. The average molecular weight is 272 g/mol. The smallest absolute Gasteiger partial charge is 0.293 e. The maximum Gasteiger partial charge on any atom is 0.293 e. The summed E-state index contributed by atoms with van der Waals surface area (Å²) in [5, 5.41) is 0. The number of rotatable bonds is 6. The van der Waals surface area contributed by atoms with Gasteiger partial charge in [0.2, 0.25) is 0 Å². The third kappa shape index (κ3) is 3.48. The lowest BCUT2D eigenvalue weighted by atomic mass is 10.3. The van der Waals surface area contributed by atoms with Gasteiger partial charge in [0.25, 0.3) is 5.56 Å². The quantitative estimate of drug-likeness (QED) is 0.747. The molecule has 0 amide bonds. The van der Waals surface area contributed by atoms with Gasteiger partial charge in [-0.25, -0.2) is 4.98 Å². The normalized spacial score (nSPS) is 11.3. The molecule has 18 heavy (non-hydrogen) atoms. The molecule has 0 N–H and O–H groups in total. The highest BCUT2D eigenvalue weighted by Gasteiger charge is 2.17. The summed E-state index contributed by atoms with van der Waals surface area (Å²) in [6, 6.07) is 0.373. The maximum absolute atomic E-state index is 12.3. The van der Waals surface area contributed by atoms with Gasteiger partial charge in [-0.1, -0.05) is 0 Å². The minimum atomic E-state index is -0.0317. The van der Waals surface area contributed by atoms with Gasteiger partial charge < -0.3 is 9.47 Å². The highest BCUT2D eigenvalue weighted by atomic mass is 35.5. The molecule has 0 atom stereocenters. The van der Waals surface area contributed by atoms with Gasteiger partial charge in [0, 0.05) is 36.9 Å². The van der Waals surface area contributed by atoms with Crippen molar-refractivity contribution in [3.05, 3.63) is 22.7 Å².